The maximum absolute atomic E-state index is 6.56. The molecule has 0 saturated carbocycles. The summed E-state index contributed by atoms with van der Waals surface area (Å²) in [6.45, 7) is 9.09. The molecule has 0 bridgehead atoms. The SMILES string of the molecule is CCOc1ccc(Br)cc1C(N)C1C(C)OC(C)C1C. The normalized spacial score (nSPS) is 31.3. The maximum atomic E-state index is 6.56. The van der Waals surface area contributed by atoms with Crippen molar-refractivity contribution in [3.8, 4) is 5.75 Å². The Morgan fingerprint density at radius 1 is 1.30 bits per heavy atom. The summed E-state index contributed by atoms with van der Waals surface area (Å²) in [4.78, 5) is 0. The monoisotopic (exact) mass is 341 g/mol. The van der Waals surface area contributed by atoms with E-state index in [4.69, 9.17) is 15.2 Å². The van der Waals surface area contributed by atoms with E-state index in [1.165, 1.54) is 0 Å². The molecule has 0 aliphatic carbocycles. The van der Waals surface area contributed by atoms with Gasteiger partial charge in [0.05, 0.1) is 18.8 Å². The van der Waals surface area contributed by atoms with E-state index in [1.54, 1.807) is 0 Å². The van der Waals surface area contributed by atoms with Crippen LogP contribution in [-0.2, 0) is 4.74 Å². The van der Waals surface area contributed by atoms with Crippen molar-refractivity contribution >= 4 is 15.9 Å². The molecule has 3 nitrogen and oxygen atoms in total. The molecule has 1 aromatic carbocycles. The number of halogens is 1. The molecule has 5 unspecified atom stereocenters. The van der Waals surface area contributed by atoms with Gasteiger partial charge in [-0.25, -0.2) is 0 Å². The molecule has 0 spiro atoms. The largest absolute Gasteiger partial charge is 0.494 e. The molecule has 1 aliphatic heterocycles. The number of benzene rings is 1. The van der Waals surface area contributed by atoms with Gasteiger partial charge in [-0.15, -0.1) is 0 Å². The Morgan fingerprint density at radius 2 is 2.00 bits per heavy atom. The molecule has 2 N–H and O–H groups in total. The van der Waals surface area contributed by atoms with Crippen LogP contribution < -0.4 is 10.5 Å². The van der Waals surface area contributed by atoms with Crippen LogP contribution in [0.15, 0.2) is 22.7 Å². The number of rotatable bonds is 4. The van der Waals surface area contributed by atoms with Crippen molar-refractivity contribution in [3.63, 3.8) is 0 Å². The van der Waals surface area contributed by atoms with Crippen LogP contribution in [0.2, 0.25) is 0 Å². The van der Waals surface area contributed by atoms with Crippen molar-refractivity contribution in [3.05, 3.63) is 28.2 Å². The third-order valence-electron chi connectivity index (χ3n) is 4.36. The Bertz CT molecular complexity index is 466. The zero-order chi connectivity index (χ0) is 14.9. The maximum Gasteiger partial charge on any atom is 0.124 e. The molecule has 1 fully saturated rings. The summed E-state index contributed by atoms with van der Waals surface area (Å²) in [6, 6.07) is 5.96. The van der Waals surface area contributed by atoms with Crippen molar-refractivity contribution in [2.45, 2.75) is 45.9 Å². The second-order valence-electron chi connectivity index (χ2n) is 5.62. The summed E-state index contributed by atoms with van der Waals surface area (Å²) in [5.74, 6) is 1.62. The quantitative estimate of drug-likeness (QED) is 0.902. The molecule has 2 rings (SSSR count). The zero-order valence-corrected chi connectivity index (χ0v) is 14.2. The van der Waals surface area contributed by atoms with E-state index < -0.39 is 0 Å². The summed E-state index contributed by atoms with van der Waals surface area (Å²) in [7, 11) is 0. The van der Waals surface area contributed by atoms with E-state index in [1.807, 2.05) is 19.1 Å². The van der Waals surface area contributed by atoms with Crippen LogP contribution in [0, 0.1) is 11.8 Å². The Labute approximate surface area is 130 Å². The minimum absolute atomic E-state index is 0.0796. The molecule has 0 radical (unpaired) electrons. The predicted molar refractivity (Wildman–Crippen MR) is 84.9 cm³/mol. The number of ether oxygens (including phenoxy) is 2. The third-order valence-corrected chi connectivity index (χ3v) is 4.86. The standard InChI is InChI=1S/C16H24BrNO2/c1-5-19-14-7-6-12(17)8-13(14)16(18)15-9(2)10(3)20-11(15)4/h6-11,15-16H,5,18H2,1-4H3. The molecule has 20 heavy (non-hydrogen) atoms. The van der Waals surface area contributed by atoms with E-state index in [2.05, 4.69) is 42.8 Å². The van der Waals surface area contributed by atoms with Crippen LogP contribution in [0.25, 0.3) is 0 Å². The molecule has 0 aromatic heterocycles. The fourth-order valence-corrected chi connectivity index (χ4v) is 3.57. The van der Waals surface area contributed by atoms with Gasteiger partial charge in [-0.1, -0.05) is 22.9 Å². The summed E-state index contributed by atoms with van der Waals surface area (Å²) < 4.78 is 12.7. The molecule has 112 valence electrons. The van der Waals surface area contributed by atoms with Gasteiger partial charge in [0.25, 0.3) is 0 Å². The van der Waals surface area contributed by atoms with Crippen LogP contribution in [0.4, 0.5) is 0 Å². The second-order valence-corrected chi connectivity index (χ2v) is 6.54. The topological polar surface area (TPSA) is 44.5 Å². The first kappa shape index (κ1) is 15.8. The van der Waals surface area contributed by atoms with Gasteiger partial charge in [0.15, 0.2) is 0 Å². The van der Waals surface area contributed by atoms with Crippen molar-refractivity contribution in [1.82, 2.24) is 0 Å². The molecular weight excluding hydrogens is 318 g/mol. The number of nitrogens with two attached hydrogens (primary N) is 1. The molecule has 4 heteroatoms. The van der Waals surface area contributed by atoms with E-state index in [-0.39, 0.29) is 18.2 Å². The van der Waals surface area contributed by atoms with E-state index in [9.17, 15) is 0 Å². The summed E-state index contributed by atoms with van der Waals surface area (Å²) in [6.07, 6.45) is 0.423. The van der Waals surface area contributed by atoms with Gasteiger partial charge >= 0.3 is 0 Å². The van der Waals surface area contributed by atoms with Gasteiger partial charge in [0.1, 0.15) is 5.75 Å². The molecule has 1 heterocycles. The number of hydrogen-bond acceptors (Lipinski definition) is 3. The highest BCUT2D eigenvalue weighted by atomic mass is 79.9. The lowest BCUT2D eigenvalue weighted by Crippen LogP contribution is -2.31. The van der Waals surface area contributed by atoms with Gasteiger partial charge in [0, 0.05) is 22.0 Å². The summed E-state index contributed by atoms with van der Waals surface area (Å²) >= 11 is 3.52. The Morgan fingerprint density at radius 3 is 2.55 bits per heavy atom. The lowest BCUT2D eigenvalue weighted by molar-refractivity contribution is 0.0488. The fourth-order valence-electron chi connectivity index (χ4n) is 3.19. The fraction of sp³-hybridized carbons (Fsp3) is 0.625. The van der Waals surface area contributed by atoms with Crippen molar-refractivity contribution in [2.24, 2.45) is 17.6 Å². The highest BCUT2D eigenvalue weighted by Crippen LogP contribution is 2.42. The van der Waals surface area contributed by atoms with Gasteiger partial charge < -0.3 is 15.2 Å². The van der Waals surface area contributed by atoms with Crippen molar-refractivity contribution < 1.29 is 9.47 Å². The molecule has 1 aromatic rings. The molecule has 5 atom stereocenters. The lowest BCUT2D eigenvalue weighted by Gasteiger charge is -2.27. The first-order valence-electron chi connectivity index (χ1n) is 7.29. The van der Waals surface area contributed by atoms with Crippen LogP contribution in [-0.4, -0.2) is 18.8 Å². The molecular formula is C16H24BrNO2. The smallest absolute Gasteiger partial charge is 0.124 e. The van der Waals surface area contributed by atoms with Crippen LogP contribution in [0.3, 0.4) is 0 Å². The molecule has 1 saturated heterocycles. The van der Waals surface area contributed by atoms with Gasteiger partial charge in [-0.3, -0.25) is 0 Å². The van der Waals surface area contributed by atoms with Gasteiger partial charge in [-0.2, -0.15) is 0 Å². The van der Waals surface area contributed by atoms with E-state index in [0.29, 0.717) is 18.4 Å². The van der Waals surface area contributed by atoms with Crippen LogP contribution >= 0.6 is 15.9 Å². The zero-order valence-electron chi connectivity index (χ0n) is 12.6. The Balaban J connectivity index is 2.32. The average molecular weight is 342 g/mol. The highest BCUT2D eigenvalue weighted by Gasteiger charge is 2.41. The molecule has 1 aliphatic rings. The van der Waals surface area contributed by atoms with E-state index >= 15 is 0 Å². The Kier molecular flexibility index (Phi) is 5.10. The Hall–Kier alpha value is -0.580. The second kappa shape index (κ2) is 6.46. The number of hydrogen-bond donors (Lipinski definition) is 1. The highest BCUT2D eigenvalue weighted by molar-refractivity contribution is 9.10. The first-order valence-corrected chi connectivity index (χ1v) is 8.08. The minimum atomic E-state index is -0.0796. The van der Waals surface area contributed by atoms with Gasteiger partial charge in [0.2, 0.25) is 0 Å². The summed E-state index contributed by atoms with van der Waals surface area (Å²) in [5.41, 5.74) is 7.62. The van der Waals surface area contributed by atoms with Crippen LogP contribution in [0.5, 0.6) is 5.75 Å². The average Bonchev–Trinajstić information content (AvgIpc) is 2.65. The van der Waals surface area contributed by atoms with Gasteiger partial charge in [-0.05, 0) is 44.9 Å². The summed E-state index contributed by atoms with van der Waals surface area (Å²) in [5, 5.41) is 0. The lowest BCUT2D eigenvalue weighted by atomic mass is 9.81. The molecule has 0 amide bonds. The third kappa shape index (κ3) is 3.02. The van der Waals surface area contributed by atoms with Crippen molar-refractivity contribution in [2.75, 3.05) is 6.61 Å². The van der Waals surface area contributed by atoms with Crippen molar-refractivity contribution in [1.29, 1.82) is 0 Å². The predicted octanol–water partition coefficient (Wildman–Crippen LogP) is 3.91. The van der Waals surface area contributed by atoms with Crippen LogP contribution in [0.1, 0.15) is 39.3 Å². The minimum Gasteiger partial charge on any atom is -0.494 e. The van der Waals surface area contributed by atoms with E-state index in [0.717, 1.165) is 15.8 Å². The first-order chi connectivity index (χ1) is 9.45.